The second kappa shape index (κ2) is 6.38. The van der Waals surface area contributed by atoms with Gasteiger partial charge in [-0.25, -0.2) is 5.48 Å². The van der Waals surface area contributed by atoms with Crippen molar-refractivity contribution in [3.63, 3.8) is 0 Å². The maximum absolute atomic E-state index is 12.1. The molecule has 0 spiro atoms. The van der Waals surface area contributed by atoms with Crippen molar-refractivity contribution >= 4 is 28.8 Å². The summed E-state index contributed by atoms with van der Waals surface area (Å²) in [6.45, 7) is 1.85. The van der Waals surface area contributed by atoms with Crippen LogP contribution in [-0.2, 0) is 0 Å². The van der Waals surface area contributed by atoms with Crippen molar-refractivity contribution in [3.05, 3.63) is 51.7 Å². The Balaban J connectivity index is 2.07. The Hall–Kier alpha value is -2.38. The molecule has 0 saturated heterocycles. The van der Waals surface area contributed by atoms with Gasteiger partial charge in [-0.2, -0.15) is 0 Å². The molecule has 0 radical (unpaired) electrons. The minimum atomic E-state index is -0.636. The predicted octanol–water partition coefficient (Wildman–Crippen LogP) is 1.94. The third kappa shape index (κ3) is 3.59. The molecule has 1 heterocycles. The molecule has 5 N–H and O–H groups in total. The minimum Gasteiger partial charge on any atom is -0.399 e. The summed E-state index contributed by atoms with van der Waals surface area (Å²) >= 11 is 1.01. The van der Waals surface area contributed by atoms with Gasteiger partial charge >= 0.3 is 0 Å². The van der Waals surface area contributed by atoms with Crippen LogP contribution < -0.4 is 16.5 Å². The lowest BCUT2D eigenvalue weighted by Gasteiger charge is -2.14. The molecule has 1 atom stereocenters. The zero-order valence-corrected chi connectivity index (χ0v) is 12.1. The fourth-order valence-corrected chi connectivity index (χ4v) is 2.62. The van der Waals surface area contributed by atoms with E-state index in [2.05, 4.69) is 5.32 Å². The highest BCUT2D eigenvalue weighted by Gasteiger charge is 2.16. The summed E-state index contributed by atoms with van der Waals surface area (Å²) < 4.78 is 0. The van der Waals surface area contributed by atoms with Crippen LogP contribution in [0, 0.1) is 0 Å². The van der Waals surface area contributed by atoms with E-state index in [0.29, 0.717) is 10.6 Å². The Morgan fingerprint density at radius 2 is 1.86 bits per heavy atom. The van der Waals surface area contributed by atoms with Crippen molar-refractivity contribution in [2.24, 2.45) is 0 Å². The van der Waals surface area contributed by atoms with Crippen LogP contribution in [0.25, 0.3) is 0 Å². The molecule has 0 fully saturated rings. The van der Waals surface area contributed by atoms with Crippen LogP contribution in [0.4, 0.5) is 5.69 Å². The summed E-state index contributed by atoms with van der Waals surface area (Å²) in [6.07, 6.45) is 0. The molecule has 6 nitrogen and oxygen atoms in total. The lowest BCUT2D eigenvalue weighted by Crippen LogP contribution is -2.26. The SMILES string of the molecule is C[C@@H](NC(=O)c1ccc(C(=O)NO)s1)c1cccc(N)c1. The molecule has 2 aromatic rings. The molecule has 2 amide bonds. The van der Waals surface area contributed by atoms with Crippen molar-refractivity contribution in [1.82, 2.24) is 10.8 Å². The number of hydrogen-bond donors (Lipinski definition) is 4. The van der Waals surface area contributed by atoms with Gasteiger partial charge in [-0.05, 0) is 36.8 Å². The van der Waals surface area contributed by atoms with E-state index in [1.54, 1.807) is 12.1 Å². The smallest absolute Gasteiger partial charge is 0.284 e. The van der Waals surface area contributed by atoms with Gasteiger partial charge in [-0.15, -0.1) is 11.3 Å². The van der Waals surface area contributed by atoms with Gasteiger partial charge in [0.2, 0.25) is 0 Å². The highest BCUT2D eigenvalue weighted by Crippen LogP contribution is 2.19. The zero-order chi connectivity index (χ0) is 15.4. The van der Waals surface area contributed by atoms with Crippen LogP contribution in [0.2, 0.25) is 0 Å². The second-order valence-electron chi connectivity index (χ2n) is 4.47. The Bertz CT molecular complexity index is 669. The molecule has 0 unspecified atom stereocenters. The molecule has 110 valence electrons. The fourth-order valence-electron chi connectivity index (χ4n) is 1.82. The molecule has 0 bridgehead atoms. The molecular formula is C14H15N3O3S. The third-order valence-electron chi connectivity index (χ3n) is 2.91. The van der Waals surface area contributed by atoms with Gasteiger partial charge in [0.15, 0.2) is 0 Å². The first-order chi connectivity index (χ1) is 10.0. The number of carbonyl (C=O) groups excluding carboxylic acids is 2. The molecule has 21 heavy (non-hydrogen) atoms. The van der Waals surface area contributed by atoms with Crippen LogP contribution in [0.1, 0.15) is 37.9 Å². The predicted molar refractivity (Wildman–Crippen MR) is 80.3 cm³/mol. The van der Waals surface area contributed by atoms with Gasteiger partial charge in [-0.3, -0.25) is 14.8 Å². The maximum atomic E-state index is 12.1. The second-order valence-corrected chi connectivity index (χ2v) is 5.55. The third-order valence-corrected chi connectivity index (χ3v) is 4.00. The van der Waals surface area contributed by atoms with Crippen molar-refractivity contribution < 1.29 is 14.8 Å². The molecule has 0 aliphatic carbocycles. The van der Waals surface area contributed by atoms with Gasteiger partial charge in [-0.1, -0.05) is 12.1 Å². The topological polar surface area (TPSA) is 104 Å². The average molecular weight is 305 g/mol. The van der Waals surface area contributed by atoms with E-state index < -0.39 is 5.91 Å². The van der Waals surface area contributed by atoms with Gasteiger partial charge < -0.3 is 11.1 Å². The van der Waals surface area contributed by atoms with Gasteiger partial charge in [0.05, 0.1) is 15.8 Å². The normalized spacial score (nSPS) is 11.7. The van der Waals surface area contributed by atoms with E-state index >= 15 is 0 Å². The monoisotopic (exact) mass is 305 g/mol. The first kappa shape index (κ1) is 15.0. The number of nitrogens with one attached hydrogen (secondary N) is 2. The molecule has 1 aromatic heterocycles. The fraction of sp³-hybridized carbons (Fsp3) is 0.143. The number of thiophene rings is 1. The minimum absolute atomic E-state index is 0.210. The van der Waals surface area contributed by atoms with E-state index in [4.69, 9.17) is 10.9 Å². The van der Waals surface area contributed by atoms with Crippen LogP contribution >= 0.6 is 11.3 Å². The van der Waals surface area contributed by atoms with Crippen molar-refractivity contribution in [3.8, 4) is 0 Å². The summed E-state index contributed by atoms with van der Waals surface area (Å²) in [5.74, 6) is -0.921. The molecule has 2 rings (SSSR count). The molecule has 0 saturated carbocycles. The van der Waals surface area contributed by atoms with E-state index in [-0.39, 0.29) is 16.8 Å². The number of benzene rings is 1. The van der Waals surface area contributed by atoms with E-state index in [1.165, 1.54) is 17.6 Å². The van der Waals surface area contributed by atoms with Crippen LogP contribution in [0.3, 0.4) is 0 Å². The standard InChI is InChI=1S/C14H15N3O3S/c1-8(9-3-2-4-10(15)7-9)16-13(18)11-5-6-12(21-11)14(19)17-20/h2-8,20H,15H2,1H3,(H,16,18)(H,17,19)/t8-/m1/s1. The van der Waals surface area contributed by atoms with E-state index in [9.17, 15) is 9.59 Å². The zero-order valence-electron chi connectivity index (χ0n) is 11.3. The highest BCUT2D eigenvalue weighted by molar-refractivity contribution is 7.15. The summed E-state index contributed by atoms with van der Waals surface area (Å²) in [6, 6.07) is 10.1. The first-order valence-corrected chi connectivity index (χ1v) is 7.03. The number of nitrogen functional groups attached to an aromatic ring is 1. The highest BCUT2D eigenvalue weighted by atomic mass is 32.1. The van der Waals surface area contributed by atoms with Crippen molar-refractivity contribution in [1.29, 1.82) is 0 Å². The lowest BCUT2D eigenvalue weighted by molar-refractivity contribution is 0.0711. The number of hydroxylamine groups is 1. The van der Waals surface area contributed by atoms with Gasteiger partial charge in [0, 0.05) is 5.69 Å². The number of hydrogen-bond acceptors (Lipinski definition) is 5. The maximum Gasteiger partial charge on any atom is 0.284 e. The summed E-state index contributed by atoms with van der Waals surface area (Å²) in [5.41, 5.74) is 8.77. The molecule has 7 heteroatoms. The Morgan fingerprint density at radius 3 is 2.48 bits per heavy atom. The molecule has 0 aliphatic heterocycles. The van der Waals surface area contributed by atoms with Crippen LogP contribution in [0.5, 0.6) is 0 Å². The quantitative estimate of drug-likeness (QED) is 0.393. The Labute approximate surface area is 125 Å². The van der Waals surface area contributed by atoms with Gasteiger partial charge in [0.1, 0.15) is 0 Å². The molecule has 1 aromatic carbocycles. The first-order valence-electron chi connectivity index (χ1n) is 6.22. The molecular weight excluding hydrogens is 290 g/mol. The molecule has 0 aliphatic rings. The Kier molecular flexibility index (Phi) is 4.56. The summed E-state index contributed by atoms with van der Waals surface area (Å²) in [7, 11) is 0. The number of amides is 2. The lowest BCUT2D eigenvalue weighted by atomic mass is 10.1. The van der Waals surface area contributed by atoms with Gasteiger partial charge in [0.25, 0.3) is 11.8 Å². The number of nitrogens with two attached hydrogens (primary N) is 1. The number of anilines is 1. The summed E-state index contributed by atoms with van der Waals surface area (Å²) in [5, 5.41) is 11.4. The van der Waals surface area contributed by atoms with Crippen molar-refractivity contribution in [2.45, 2.75) is 13.0 Å². The van der Waals surface area contributed by atoms with Crippen LogP contribution in [-0.4, -0.2) is 17.0 Å². The van der Waals surface area contributed by atoms with E-state index in [0.717, 1.165) is 16.9 Å². The summed E-state index contributed by atoms with van der Waals surface area (Å²) in [4.78, 5) is 24.0. The number of rotatable bonds is 4. The number of carbonyl (C=O) groups is 2. The van der Waals surface area contributed by atoms with Crippen molar-refractivity contribution in [2.75, 3.05) is 5.73 Å². The van der Waals surface area contributed by atoms with E-state index in [1.807, 2.05) is 19.1 Å². The average Bonchev–Trinajstić information content (AvgIpc) is 2.96. The van der Waals surface area contributed by atoms with Crippen LogP contribution in [0.15, 0.2) is 36.4 Å². The largest absolute Gasteiger partial charge is 0.399 e. The Morgan fingerprint density at radius 1 is 1.19 bits per heavy atom.